The summed E-state index contributed by atoms with van der Waals surface area (Å²) in [6, 6.07) is 17.5. The maximum Gasteiger partial charge on any atom is 0.157 e. The summed E-state index contributed by atoms with van der Waals surface area (Å²) in [6.45, 7) is -0.00505. The zero-order chi connectivity index (χ0) is 13.8. The Morgan fingerprint density at radius 3 is 2.55 bits per heavy atom. The smallest absolute Gasteiger partial charge is 0.157 e. The van der Waals surface area contributed by atoms with Crippen LogP contribution in [0.3, 0.4) is 0 Å². The summed E-state index contributed by atoms with van der Waals surface area (Å²) in [7, 11) is 0. The Morgan fingerprint density at radius 2 is 1.75 bits per heavy atom. The molecule has 0 fully saturated rings. The van der Waals surface area contributed by atoms with Gasteiger partial charge in [-0.05, 0) is 5.56 Å². The lowest BCUT2D eigenvalue weighted by molar-refractivity contribution is 0.276. The van der Waals surface area contributed by atoms with E-state index < -0.39 is 0 Å². The summed E-state index contributed by atoms with van der Waals surface area (Å²) < 4.78 is 0. The monoisotopic (exact) mass is 265 g/mol. The molecule has 3 aromatic rings. The lowest BCUT2D eigenvalue weighted by atomic mass is 10.1. The van der Waals surface area contributed by atoms with E-state index in [9.17, 15) is 5.11 Å². The molecule has 4 nitrogen and oxygen atoms in total. The molecule has 3 rings (SSSR count). The molecular weight excluding hydrogens is 250 g/mol. The van der Waals surface area contributed by atoms with Crippen molar-refractivity contribution in [2.75, 3.05) is 11.9 Å². The van der Waals surface area contributed by atoms with Gasteiger partial charge in [0.1, 0.15) is 0 Å². The van der Waals surface area contributed by atoms with Crippen molar-refractivity contribution >= 4 is 16.6 Å². The number of hydrogen-bond donors (Lipinski definition) is 2. The normalized spacial score (nSPS) is 12.2. The van der Waals surface area contributed by atoms with E-state index >= 15 is 0 Å². The van der Waals surface area contributed by atoms with Crippen molar-refractivity contribution in [2.24, 2.45) is 0 Å². The van der Waals surface area contributed by atoms with Crippen LogP contribution in [0.15, 0.2) is 60.8 Å². The molecule has 0 amide bonds. The first kappa shape index (κ1) is 12.6. The highest BCUT2D eigenvalue weighted by Crippen LogP contribution is 2.24. The molecular formula is C16H15N3O. The average molecular weight is 265 g/mol. The number of hydrogen-bond acceptors (Lipinski definition) is 4. The lowest BCUT2D eigenvalue weighted by Gasteiger charge is -2.17. The third-order valence-corrected chi connectivity index (χ3v) is 3.27. The summed E-state index contributed by atoms with van der Waals surface area (Å²) >= 11 is 0. The highest BCUT2D eigenvalue weighted by molar-refractivity contribution is 5.90. The number of aliphatic hydroxyl groups excluding tert-OH is 1. The van der Waals surface area contributed by atoms with Gasteiger partial charge in [0, 0.05) is 10.8 Å². The van der Waals surface area contributed by atoms with Gasteiger partial charge in [0.25, 0.3) is 0 Å². The molecule has 0 aliphatic rings. The van der Waals surface area contributed by atoms with Crippen molar-refractivity contribution in [2.45, 2.75) is 6.04 Å². The Labute approximate surface area is 117 Å². The fraction of sp³-hybridized carbons (Fsp3) is 0.125. The standard InChI is InChI=1S/C16H15N3O/c20-11-15(12-6-2-1-3-7-12)18-16-14-9-5-4-8-13(14)10-17-19-16/h1-10,15,20H,11H2,(H,18,19). The maximum atomic E-state index is 9.60. The molecule has 4 heteroatoms. The predicted octanol–water partition coefficient (Wildman–Crippen LogP) is 2.78. The van der Waals surface area contributed by atoms with Gasteiger partial charge in [-0.15, -0.1) is 5.10 Å². The molecule has 0 saturated heterocycles. The molecule has 0 radical (unpaired) electrons. The Kier molecular flexibility index (Phi) is 3.56. The molecule has 0 spiro atoms. The fourth-order valence-corrected chi connectivity index (χ4v) is 2.22. The molecule has 0 saturated carbocycles. The van der Waals surface area contributed by atoms with Gasteiger partial charge in [-0.1, -0.05) is 54.6 Å². The highest BCUT2D eigenvalue weighted by Gasteiger charge is 2.12. The van der Waals surface area contributed by atoms with Crippen LogP contribution < -0.4 is 5.32 Å². The molecule has 1 atom stereocenters. The van der Waals surface area contributed by atoms with Gasteiger partial charge in [-0.2, -0.15) is 5.10 Å². The Balaban J connectivity index is 1.96. The number of fused-ring (bicyclic) bond motifs is 1. The van der Waals surface area contributed by atoms with Crippen molar-refractivity contribution in [3.63, 3.8) is 0 Å². The summed E-state index contributed by atoms with van der Waals surface area (Å²) in [4.78, 5) is 0. The van der Waals surface area contributed by atoms with E-state index in [-0.39, 0.29) is 12.6 Å². The first-order valence-corrected chi connectivity index (χ1v) is 6.51. The van der Waals surface area contributed by atoms with Crippen LogP contribution in [-0.4, -0.2) is 21.9 Å². The van der Waals surface area contributed by atoms with Crippen molar-refractivity contribution in [1.29, 1.82) is 0 Å². The molecule has 2 N–H and O–H groups in total. The summed E-state index contributed by atoms with van der Waals surface area (Å²) in [6.07, 6.45) is 1.73. The van der Waals surface area contributed by atoms with Crippen LogP contribution >= 0.6 is 0 Å². The average Bonchev–Trinajstić information content (AvgIpc) is 2.53. The van der Waals surface area contributed by atoms with Crippen molar-refractivity contribution in [1.82, 2.24) is 10.2 Å². The zero-order valence-corrected chi connectivity index (χ0v) is 10.9. The minimum Gasteiger partial charge on any atom is -0.394 e. The van der Waals surface area contributed by atoms with Gasteiger partial charge >= 0.3 is 0 Å². The third kappa shape index (κ3) is 2.46. The molecule has 1 unspecified atom stereocenters. The van der Waals surface area contributed by atoms with E-state index in [1.54, 1.807) is 6.20 Å². The largest absolute Gasteiger partial charge is 0.394 e. The Bertz CT molecular complexity index is 695. The summed E-state index contributed by atoms with van der Waals surface area (Å²) in [5.74, 6) is 0.686. The van der Waals surface area contributed by atoms with E-state index in [0.29, 0.717) is 5.82 Å². The number of anilines is 1. The molecule has 2 aromatic carbocycles. The maximum absolute atomic E-state index is 9.60. The van der Waals surface area contributed by atoms with E-state index in [1.165, 1.54) is 0 Å². The second-order valence-electron chi connectivity index (χ2n) is 4.57. The van der Waals surface area contributed by atoms with Crippen molar-refractivity contribution < 1.29 is 5.11 Å². The zero-order valence-electron chi connectivity index (χ0n) is 10.9. The fourth-order valence-electron chi connectivity index (χ4n) is 2.22. The van der Waals surface area contributed by atoms with Gasteiger partial charge in [-0.3, -0.25) is 0 Å². The number of aliphatic hydroxyl groups is 1. The minimum atomic E-state index is -0.198. The van der Waals surface area contributed by atoms with Gasteiger partial charge in [0.05, 0.1) is 18.8 Å². The Morgan fingerprint density at radius 1 is 1.00 bits per heavy atom. The van der Waals surface area contributed by atoms with Gasteiger partial charge in [0.2, 0.25) is 0 Å². The van der Waals surface area contributed by atoms with Crippen LogP contribution in [0.2, 0.25) is 0 Å². The first-order valence-electron chi connectivity index (χ1n) is 6.51. The quantitative estimate of drug-likeness (QED) is 0.761. The van der Waals surface area contributed by atoms with Gasteiger partial charge in [0.15, 0.2) is 5.82 Å². The predicted molar refractivity (Wildman–Crippen MR) is 79.4 cm³/mol. The number of nitrogens with one attached hydrogen (secondary N) is 1. The number of nitrogens with zero attached hydrogens (tertiary/aromatic N) is 2. The SMILES string of the molecule is OCC(Nc1nncc2ccccc12)c1ccccc1. The second-order valence-corrected chi connectivity index (χ2v) is 4.57. The first-order chi connectivity index (χ1) is 9.88. The molecule has 20 heavy (non-hydrogen) atoms. The number of rotatable bonds is 4. The van der Waals surface area contributed by atoms with E-state index in [4.69, 9.17) is 0 Å². The minimum absolute atomic E-state index is 0.00505. The van der Waals surface area contributed by atoms with Crippen molar-refractivity contribution in [3.8, 4) is 0 Å². The topological polar surface area (TPSA) is 58.0 Å². The third-order valence-electron chi connectivity index (χ3n) is 3.27. The van der Waals surface area contributed by atoms with Crippen LogP contribution in [0, 0.1) is 0 Å². The second kappa shape index (κ2) is 5.67. The molecule has 0 aliphatic carbocycles. The van der Waals surface area contributed by atoms with E-state index in [2.05, 4.69) is 15.5 Å². The molecule has 1 aromatic heterocycles. The molecule has 0 aliphatic heterocycles. The van der Waals surface area contributed by atoms with Crippen LogP contribution in [0.4, 0.5) is 5.82 Å². The molecule has 1 heterocycles. The molecule has 100 valence electrons. The molecule has 0 bridgehead atoms. The van der Waals surface area contributed by atoms with Crippen molar-refractivity contribution in [3.05, 3.63) is 66.4 Å². The highest BCUT2D eigenvalue weighted by atomic mass is 16.3. The summed E-state index contributed by atoms with van der Waals surface area (Å²) in [5, 5.41) is 23.0. The van der Waals surface area contributed by atoms with Crippen LogP contribution in [0.1, 0.15) is 11.6 Å². The summed E-state index contributed by atoms with van der Waals surface area (Å²) in [5.41, 5.74) is 1.02. The van der Waals surface area contributed by atoms with E-state index in [1.807, 2.05) is 54.6 Å². The van der Waals surface area contributed by atoms with Gasteiger partial charge in [-0.25, -0.2) is 0 Å². The number of aromatic nitrogens is 2. The van der Waals surface area contributed by atoms with Gasteiger partial charge < -0.3 is 10.4 Å². The Hall–Kier alpha value is -2.46. The number of benzene rings is 2. The van der Waals surface area contributed by atoms with Crippen LogP contribution in [0.25, 0.3) is 10.8 Å². The van der Waals surface area contributed by atoms with Crippen LogP contribution in [-0.2, 0) is 0 Å². The lowest BCUT2D eigenvalue weighted by Crippen LogP contribution is -2.16. The van der Waals surface area contributed by atoms with Crippen LogP contribution in [0.5, 0.6) is 0 Å². The van der Waals surface area contributed by atoms with E-state index in [0.717, 1.165) is 16.3 Å².